The number of alkyl halides is 3. The monoisotopic (exact) mass is 495 g/mol. The van der Waals surface area contributed by atoms with Crippen LogP contribution in [0, 0.1) is 0 Å². The van der Waals surface area contributed by atoms with E-state index in [0.29, 0.717) is 6.54 Å². The molecule has 1 atom stereocenters. The first-order valence-electron chi connectivity index (χ1n) is 6.15. The second-order valence-corrected chi connectivity index (χ2v) is 5.29. The van der Waals surface area contributed by atoms with Crippen LogP contribution in [0.1, 0.15) is 5.56 Å². The second kappa shape index (κ2) is 9.56. The minimum absolute atomic E-state index is 0. The number of rotatable bonds is 4. The molecule has 0 saturated carbocycles. The number of guanidine groups is 1. The van der Waals surface area contributed by atoms with E-state index in [2.05, 4.69) is 26.2 Å². The van der Waals surface area contributed by atoms with Crippen LogP contribution in [-0.4, -0.2) is 48.9 Å². The molecule has 0 bridgehead atoms. The van der Waals surface area contributed by atoms with Crippen molar-refractivity contribution in [2.45, 2.75) is 18.8 Å². The number of hydrogen-bond donors (Lipinski definition) is 2. The van der Waals surface area contributed by atoms with E-state index in [4.69, 9.17) is 5.11 Å². The second-order valence-electron chi connectivity index (χ2n) is 4.43. The Morgan fingerprint density at radius 3 is 2.50 bits per heavy atom. The van der Waals surface area contributed by atoms with Gasteiger partial charge in [0.15, 0.2) is 12.1 Å². The first-order chi connectivity index (χ1) is 9.75. The van der Waals surface area contributed by atoms with Gasteiger partial charge in [0.05, 0.1) is 6.54 Å². The molecule has 0 saturated heterocycles. The summed E-state index contributed by atoms with van der Waals surface area (Å²) >= 11 is 3.41. The van der Waals surface area contributed by atoms with Gasteiger partial charge >= 0.3 is 6.18 Å². The lowest BCUT2D eigenvalue weighted by Crippen LogP contribution is -2.45. The van der Waals surface area contributed by atoms with Crippen LogP contribution in [0.3, 0.4) is 0 Å². The van der Waals surface area contributed by atoms with Gasteiger partial charge in [-0.1, -0.05) is 34.1 Å². The number of aliphatic hydroxyl groups excluding tert-OH is 1. The maximum atomic E-state index is 12.3. The third kappa shape index (κ3) is 6.69. The minimum Gasteiger partial charge on any atom is -0.382 e. The lowest BCUT2D eigenvalue weighted by Gasteiger charge is -2.24. The Balaban J connectivity index is 0.00000441. The summed E-state index contributed by atoms with van der Waals surface area (Å²) in [5, 5.41) is 11.5. The largest absolute Gasteiger partial charge is 0.416 e. The van der Waals surface area contributed by atoms with Crippen molar-refractivity contribution in [2.75, 3.05) is 20.6 Å². The molecule has 1 aromatic rings. The molecule has 2 N–H and O–H groups in total. The maximum Gasteiger partial charge on any atom is 0.416 e. The molecule has 1 aromatic carbocycles. The summed E-state index contributed by atoms with van der Waals surface area (Å²) < 4.78 is 37.7. The number of halogens is 5. The highest BCUT2D eigenvalue weighted by Gasteiger charge is 2.38. The Bertz CT molecular complexity index is 500. The molecule has 126 valence electrons. The molecule has 0 aliphatic rings. The third-order valence-corrected chi connectivity index (χ3v) is 3.54. The van der Waals surface area contributed by atoms with Gasteiger partial charge in [0.25, 0.3) is 0 Å². The Morgan fingerprint density at radius 2 is 2.00 bits per heavy atom. The zero-order valence-electron chi connectivity index (χ0n) is 12.1. The average molecular weight is 496 g/mol. The molecule has 0 heterocycles. The number of benzene rings is 1. The van der Waals surface area contributed by atoms with Crippen molar-refractivity contribution in [3.05, 3.63) is 34.3 Å². The molecule has 0 aromatic heterocycles. The molecule has 0 aliphatic heterocycles. The van der Waals surface area contributed by atoms with Crippen LogP contribution in [0.4, 0.5) is 13.2 Å². The van der Waals surface area contributed by atoms with E-state index >= 15 is 0 Å². The first kappa shape index (κ1) is 21.4. The summed E-state index contributed by atoms with van der Waals surface area (Å²) in [6.45, 7) is -0.181. The molecule has 0 fully saturated rings. The fourth-order valence-electron chi connectivity index (χ4n) is 1.65. The van der Waals surface area contributed by atoms with Crippen molar-refractivity contribution < 1.29 is 18.3 Å². The lowest BCUT2D eigenvalue weighted by atomic mass is 10.2. The SMILES string of the molecule is CN=C(NCC(O)C(F)(F)F)N(C)Cc1ccccc1Br.I. The number of aliphatic imine (C=N–C) groups is 1. The van der Waals surface area contributed by atoms with Gasteiger partial charge in [0.2, 0.25) is 0 Å². The summed E-state index contributed by atoms with van der Waals surface area (Å²) in [7, 11) is 3.17. The Kier molecular flexibility index (Phi) is 9.32. The van der Waals surface area contributed by atoms with Gasteiger partial charge in [0.1, 0.15) is 0 Å². The van der Waals surface area contributed by atoms with Crippen molar-refractivity contribution in [1.82, 2.24) is 10.2 Å². The highest BCUT2D eigenvalue weighted by atomic mass is 127. The molecule has 0 spiro atoms. The number of nitrogens with one attached hydrogen (secondary N) is 1. The summed E-state index contributed by atoms with van der Waals surface area (Å²) in [6, 6.07) is 7.53. The molecule has 1 unspecified atom stereocenters. The quantitative estimate of drug-likeness (QED) is 0.383. The Morgan fingerprint density at radius 1 is 1.41 bits per heavy atom. The highest BCUT2D eigenvalue weighted by molar-refractivity contribution is 14.0. The molecular formula is C13H18BrF3IN3O. The summed E-state index contributed by atoms with van der Waals surface area (Å²) in [5.74, 6) is 0.272. The van der Waals surface area contributed by atoms with E-state index in [-0.39, 0.29) is 29.9 Å². The maximum absolute atomic E-state index is 12.3. The van der Waals surface area contributed by atoms with E-state index in [1.165, 1.54) is 7.05 Å². The van der Waals surface area contributed by atoms with E-state index < -0.39 is 18.8 Å². The van der Waals surface area contributed by atoms with Gasteiger partial charge in [-0.05, 0) is 11.6 Å². The van der Waals surface area contributed by atoms with Gasteiger partial charge < -0.3 is 15.3 Å². The lowest BCUT2D eigenvalue weighted by molar-refractivity contribution is -0.201. The van der Waals surface area contributed by atoms with Gasteiger partial charge in [-0.2, -0.15) is 13.2 Å². The number of hydrogen-bond acceptors (Lipinski definition) is 2. The van der Waals surface area contributed by atoms with Crippen LogP contribution < -0.4 is 5.32 Å². The van der Waals surface area contributed by atoms with Crippen molar-refractivity contribution in [3.8, 4) is 0 Å². The highest BCUT2D eigenvalue weighted by Crippen LogP contribution is 2.19. The topological polar surface area (TPSA) is 47.9 Å². The summed E-state index contributed by atoms with van der Waals surface area (Å²) in [6.07, 6.45) is -7.07. The van der Waals surface area contributed by atoms with Crippen LogP contribution in [0.15, 0.2) is 33.7 Å². The average Bonchev–Trinajstić information content (AvgIpc) is 2.40. The van der Waals surface area contributed by atoms with Crippen LogP contribution >= 0.6 is 39.9 Å². The smallest absolute Gasteiger partial charge is 0.382 e. The van der Waals surface area contributed by atoms with E-state index in [1.54, 1.807) is 11.9 Å². The zero-order valence-corrected chi connectivity index (χ0v) is 16.0. The van der Waals surface area contributed by atoms with E-state index in [9.17, 15) is 13.2 Å². The molecule has 0 radical (unpaired) electrons. The normalized spacial score (nSPS) is 13.3. The standard InChI is InChI=1S/C13H17BrF3N3O.HI/c1-18-12(19-7-11(21)13(15,16)17)20(2)8-9-5-3-4-6-10(9)14;/h3-6,11,21H,7-8H2,1-2H3,(H,18,19);1H. The van der Waals surface area contributed by atoms with Crippen LogP contribution in [0.5, 0.6) is 0 Å². The third-order valence-electron chi connectivity index (χ3n) is 2.77. The first-order valence-corrected chi connectivity index (χ1v) is 6.95. The van der Waals surface area contributed by atoms with Gasteiger partial charge in [0, 0.05) is 25.1 Å². The van der Waals surface area contributed by atoms with Crippen molar-refractivity contribution in [1.29, 1.82) is 0 Å². The number of aliphatic hydroxyl groups is 1. The molecule has 1 rings (SSSR count). The fourth-order valence-corrected chi connectivity index (χ4v) is 2.06. The van der Waals surface area contributed by atoms with E-state index in [1.807, 2.05) is 24.3 Å². The molecule has 4 nitrogen and oxygen atoms in total. The Labute approximate surface area is 152 Å². The molecule has 9 heteroatoms. The van der Waals surface area contributed by atoms with Crippen LogP contribution in [0.2, 0.25) is 0 Å². The minimum atomic E-state index is -4.65. The predicted molar refractivity (Wildman–Crippen MR) is 94.4 cm³/mol. The van der Waals surface area contributed by atoms with Gasteiger partial charge in [-0.3, -0.25) is 4.99 Å². The van der Waals surface area contributed by atoms with E-state index in [0.717, 1.165) is 10.0 Å². The van der Waals surface area contributed by atoms with Crippen molar-refractivity contribution in [3.63, 3.8) is 0 Å². The fraction of sp³-hybridized carbons (Fsp3) is 0.462. The molecule has 22 heavy (non-hydrogen) atoms. The molecule has 0 amide bonds. The van der Waals surface area contributed by atoms with Crippen LogP contribution in [-0.2, 0) is 6.54 Å². The summed E-state index contributed by atoms with van der Waals surface area (Å²) in [4.78, 5) is 5.58. The van der Waals surface area contributed by atoms with Crippen molar-refractivity contribution >= 4 is 45.9 Å². The van der Waals surface area contributed by atoms with Gasteiger partial charge in [-0.15, -0.1) is 24.0 Å². The van der Waals surface area contributed by atoms with Crippen LogP contribution in [0.25, 0.3) is 0 Å². The molecular weight excluding hydrogens is 478 g/mol. The number of nitrogens with zero attached hydrogens (tertiary/aromatic N) is 2. The van der Waals surface area contributed by atoms with Crippen molar-refractivity contribution in [2.24, 2.45) is 4.99 Å². The zero-order chi connectivity index (χ0) is 16.0. The summed E-state index contributed by atoms with van der Waals surface area (Å²) in [5.41, 5.74) is 0.972. The Hall–Kier alpha value is -0.550. The molecule has 0 aliphatic carbocycles. The van der Waals surface area contributed by atoms with Gasteiger partial charge in [-0.25, -0.2) is 0 Å². The predicted octanol–water partition coefficient (Wildman–Crippen LogP) is 3.00.